The second kappa shape index (κ2) is 9.24. The van der Waals surface area contributed by atoms with Crippen LogP contribution in [0.15, 0.2) is 6.20 Å². The van der Waals surface area contributed by atoms with Gasteiger partial charge in [-0.3, -0.25) is 0 Å². The van der Waals surface area contributed by atoms with E-state index in [9.17, 15) is 10.1 Å². The van der Waals surface area contributed by atoms with Crippen molar-refractivity contribution >= 4 is 17.9 Å². The Bertz CT molecular complexity index is 1130. The second-order valence-corrected chi connectivity index (χ2v) is 15.2. The lowest BCUT2D eigenvalue weighted by Crippen LogP contribution is -2.60. The van der Waals surface area contributed by atoms with Gasteiger partial charge in [-0.15, -0.1) is 0 Å². The molecule has 1 unspecified atom stereocenters. The summed E-state index contributed by atoms with van der Waals surface area (Å²) in [7, 11) is 0. The van der Waals surface area contributed by atoms with E-state index in [0.717, 1.165) is 49.0 Å². The first kappa shape index (κ1) is 25.4. The van der Waals surface area contributed by atoms with E-state index >= 15 is 0 Å². The number of hydrogen-bond donors (Lipinski definition) is 3. The number of hydrogen-bond acceptors (Lipinski definition) is 7. The molecular formula is C31H44N6O2. The zero-order valence-electron chi connectivity index (χ0n) is 23.7. The number of carbonyl (C=O) groups excluding carboxylic acids is 1. The van der Waals surface area contributed by atoms with E-state index in [4.69, 9.17) is 9.72 Å². The summed E-state index contributed by atoms with van der Waals surface area (Å²) in [5.41, 5.74) is 0.218. The fourth-order valence-electron chi connectivity index (χ4n) is 10.3. The average molecular weight is 533 g/mol. The predicted octanol–water partition coefficient (Wildman–Crippen LogP) is 5.72. The van der Waals surface area contributed by atoms with Crippen LogP contribution < -0.4 is 16.0 Å². The molecule has 0 aliphatic heterocycles. The number of nitrogens with zero attached hydrogens (tertiary/aromatic N) is 3. The minimum atomic E-state index is -0.485. The van der Waals surface area contributed by atoms with Crippen LogP contribution in [0.3, 0.4) is 0 Å². The summed E-state index contributed by atoms with van der Waals surface area (Å²) in [6.07, 6.45) is 14.0. The third-order valence-electron chi connectivity index (χ3n) is 11.1. The third-order valence-corrected chi connectivity index (χ3v) is 11.1. The lowest BCUT2D eigenvalue weighted by Gasteiger charge is -2.60. The Hall–Kier alpha value is -2.56. The van der Waals surface area contributed by atoms with Crippen molar-refractivity contribution in [3.8, 4) is 6.07 Å². The van der Waals surface area contributed by atoms with Gasteiger partial charge in [0.2, 0.25) is 5.95 Å². The summed E-state index contributed by atoms with van der Waals surface area (Å²) < 4.78 is 5.58. The second-order valence-electron chi connectivity index (χ2n) is 15.2. The number of anilines is 2. The van der Waals surface area contributed by atoms with Gasteiger partial charge in [0.15, 0.2) is 0 Å². The Morgan fingerprint density at radius 2 is 1.62 bits per heavy atom. The van der Waals surface area contributed by atoms with Gasteiger partial charge in [0, 0.05) is 18.6 Å². The zero-order valence-corrected chi connectivity index (χ0v) is 23.7. The van der Waals surface area contributed by atoms with E-state index < -0.39 is 5.60 Å². The van der Waals surface area contributed by atoms with Crippen molar-refractivity contribution in [3.05, 3.63) is 11.8 Å². The molecule has 9 rings (SSSR count). The number of aromatic nitrogens is 2. The molecule has 1 heterocycles. The lowest BCUT2D eigenvalue weighted by molar-refractivity contribution is -0.0703. The molecule has 0 aromatic carbocycles. The molecule has 8 nitrogen and oxygen atoms in total. The van der Waals surface area contributed by atoms with Crippen LogP contribution in [0.1, 0.15) is 90.5 Å². The Kier molecular flexibility index (Phi) is 6.02. The van der Waals surface area contributed by atoms with Gasteiger partial charge in [-0.1, -0.05) is 0 Å². The van der Waals surface area contributed by atoms with Crippen molar-refractivity contribution in [2.24, 2.45) is 46.8 Å². The maximum absolute atomic E-state index is 12.6. The Labute approximate surface area is 232 Å². The van der Waals surface area contributed by atoms with Crippen LogP contribution >= 0.6 is 0 Å². The van der Waals surface area contributed by atoms with Crippen LogP contribution in [-0.4, -0.2) is 40.3 Å². The maximum Gasteiger partial charge on any atom is 0.407 e. The molecule has 8 heteroatoms. The number of carbonyl (C=O) groups is 1. The smallest absolute Gasteiger partial charge is 0.407 e. The van der Waals surface area contributed by atoms with Crippen molar-refractivity contribution in [3.63, 3.8) is 0 Å². The van der Waals surface area contributed by atoms with Crippen molar-refractivity contribution in [2.75, 3.05) is 17.2 Å². The summed E-state index contributed by atoms with van der Waals surface area (Å²) in [4.78, 5) is 22.0. The van der Waals surface area contributed by atoms with Crippen molar-refractivity contribution < 1.29 is 9.53 Å². The van der Waals surface area contributed by atoms with Crippen molar-refractivity contribution in [2.45, 2.75) is 103 Å². The summed E-state index contributed by atoms with van der Waals surface area (Å²) in [6, 6.07) is 2.98. The summed E-state index contributed by atoms with van der Waals surface area (Å²) in [5.74, 6) is 6.38. The highest BCUT2D eigenvalue weighted by Gasteiger charge is 2.56. The maximum atomic E-state index is 12.6. The Morgan fingerprint density at radius 1 is 0.974 bits per heavy atom. The van der Waals surface area contributed by atoms with Crippen molar-refractivity contribution in [1.82, 2.24) is 15.3 Å². The number of rotatable bonds is 6. The van der Waals surface area contributed by atoms with Gasteiger partial charge < -0.3 is 20.7 Å². The molecule has 1 aromatic rings. The SMILES string of the molecule is CC(C)(C)OC(=O)N[C@@H]1[C@@H]2CC3C[C@H]1C[C@@](CNc1nc(NC4C5CC6CC(C5)CC4C6)ncc1C#N)(C3)C2. The fraction of sp³-hybridized carbons (Fsp3) is 0.806. The minimum absolute atomic E-state index is 0.190. The van der Waals surface area contributed by atoms with Crippen LogP contribution in [0.2, 0.25) is 0 Å². The average Bonchev–Trinajstić information content (AvgIpc) is 2.85. The quantitative estimate of drug-likeness (QED) is 0.430. The molecule has 8 aliphatic carbocycles. The first-order valence-corrected chi connectivity index (χ1v) is 15.4. The van der Waals surface area contributed by atoms with Crippen LogP contribution in [0.5, 0.6) is 0 Å². The molecule has 8 bridgehead atoms. The molecule has 210 valence electrons. The highest BCUT2D eigenvalue weighted by Crippen LogP contribution is 2.60. The molecule has 8 fully saturated rings. The topological polar surface area (TPSA) is 112 Å². The standard InChI is InChI=1S/C31H44N6O2/c1-30(2,3)39-29(38)36-26-22-9-19-10-23(26)13-31(11-19,12-22)16-34-27-24(14-32)15-33-28(37-27)35-25-20-5-17-4-18(7-20)8-21(25)6-17/h15,17-23,25-26H,4-13,16H2,1-3H3,(H,36,38)(H2,33,34,35,37)/t17?,18?,19?,20?,21?,22-,23+,25?,26-,31-. The normalized spacial score (nSPS) is 41.2. The number of amides is 1. The third kappa shape index (κ3) is 4.85. The molecule has 0 spiro atoms. The van der Waals surface area contributed by atoms with E-state index in [1.54, 1.807) is 6.20 Å². The Morgan fingerprint density at radius 3 is 2.23 bits per heavy atom. The largest absolute Gasteiger partial charge is 0.444 e. The first-order chi connectivity index (χ1) is 18.6. The molecule has 0 radical (unpaired) electrons. The minimum Gasteiger partial charge on any atom is -0.444 e. The molecule has 8 aliphatic rings. The predicted molar refractivity (Wildman–Crippen MR) is 149 cm³/mol. The van der Waals surface area contributed by atoms with Gasteiger partial charge >= 0.3 is 6.09 Å². The number of ether oxygens (including phenoxy) is 1. The number of nitrogens with one attached hydrogen (secondary N) is 3. The van der Waals surface area contributed by atoms with Gasteiger partial charge in [-0.2, -0.15) is 10.2 Å². The van der Waals surface area contributed by atoms with Crippen molar-refractivity contribution in [1.29, 1.82) is 5.26 Å². The summed E-state index contributed by atoms with van der Waals surface area (Å²) in [5, 5.41) is 20.4. The van der Waals surface area contributed by atoms with Crippen LogP contribution in [0.25, 0.3) is 0 Å². The van der Waals surface area contributed by atoms with E-state index in [0.29, 0.717) is 35.2 Å². The first-order valence-electron chi connectivity index (χ1n) is 15.4. The van der Waals surface area contributed by atoms with Crippen LogP contribution in [0, 0.1) is 58.2 Å². The molecule has 3 N–H and O–H groups in total. The van der Waals surface area contributed by atoms with Gasteiger partial charge in [-0.25, -0.2) is 9.78 Å². The molecule has 8 saturated carbocycles. The molecular weight excluding hydrogens is 488 g/mol. The monoisotopic (exact) mass is 532 g/mol. The fourth-order valence-corrected chi connectivity index (χ4v) is 10.3. The van der Waals surface area contributed by atoms with Gasteiger partial charge in [0.05, 0.1) is 6.20 Å². The molecule has 1 aromatic heterocycles. The van der Waals surface area contributed by atoms with E-state index in [1.165, 1.54) is 51.4 Å². The molecule has 39 heavy (non-hydrogen) atoms. The molecule has 5 atom stereocenters. The highest BCUT2D eigenvalue weighted by atomic mass is 16.6. The molecule has 1 amide bonds. The van der Waals surface area contributed by atoms with Crippen LogP contribution in [-0.2, 0) is 4.74 Å². The Balaban J connectivity index is 1.02. The highest BCUT2D eigenvalue weighted by molar-refractivity contribution is 5.68. The van der Waals surface area contributed by atoms with E-state index in [-0.39, 0.29) is 17.6 Å². The van der Waals surface area contributed by atoms with Gasteiger partial charge in [0.25, 0.3) is 0 Å². The van der Waals surface area contributed by atoms with Gasteiger partial charge in [-0.05, 0) is 132 Å². The summed E-state index contributed by atoms with van der Waals surface area (Å²) >= 11 is 0. The van der Waals surface area contributed by atoms with Gasteiger partial charge in [0.1, 0.15) is 23.1 Å². The number of nitriles is 1. The van der Waals surface area contributed by atoms with Crippen LogP contribution in [0.4, 0.5) is 16.6 Å². The van der Waals surface area contributed by atoms with E-state index in [2.05, 4.69) is 27.0 Å². The lowest BCUT2D eigenvalue weighted by atomic mass is 9.48. The zero-order chi connectivity index (χ0) is 26.9. The summed E-state index contributed by atoms with van der Waals surface area (Å²) in [6.45, 7) is 6.56. The van der Waals surface area contributed by atoms with E-state index in [1.807, 2.05) is 20.8 Å². The number of alkyl carbamates (subject to hydrolysis) is 1. The molecule has 0 saturated heterocycles.